The predicted octanol–water partition coefficient (Wildman–Crippen LogP) is 2.25. The summed E-state index contributed by atoms with van der Waals surface area (Å²) in [4.78, 5) is 2.27. The Hall–Kier alpha value is -0.440. The molecule has 3 atom stereocenters. The van der Waals surface area contributed by atoms with E-state index >= 15 is 0 Å². The zero-order chi connectivity index (χ0) is 9.22. The van der Waals surface area contributed by atoms with Gasteiger partial charge in [0.1, 0.15) is 0 Å². The second kappa shape index (κ2) is 2.14. The van der Waals surface area contributed by atoms with E-state index in [1.807, 2.05) is 0 Å². The largest absolute Gasteiger partial charge is 0.293 e. The van der Waals surface area contributed by atoms with Crippen molar-refractivity contribution in [2.24, 2.45) is 11.8 Å². The van der Waals surface area contributed by atoms with Crippen LogP contribution in [-0.2, 0) is 0 Å². The van der Waals surface area contributed by atoms with Crippen LogP contribution in [0.5, 0.6) is 0 Å². The monoisotopic (exact) mass is 185 g/mol. The molecule has 0 aromatic rings. The highest BCUT2D eigenvalue weighted by atomic mass is 19.3. The Balaban J connectivity index is 1.94. The maximum atomic E-state index is 12.4. The molecule has 2 heterocycles. The summed E-state index contributed by atoms with van der Waals surface area (Å²) in [5, 5.41) is 0. The number of piperidine rings is 1. The molecular weight excluding hydrogens is 172 g/mol. The van der Waals surface area contributed by atoms with Crippen molar-refractivity contribution in [1.82, 2.24) is 4.90 Å². The minimum absolute atomic E-state index is 0.179. The molecular formula is C10H13F2N. The van der Waals surface area contributed by atoms with Crippen molar-refractivity contribution >= 4 is 0 Å². The van der Waals surface area contributed by atoms with Crippen LogP contribution >= 0.6 is 0 Å². The highest BCUT2D eigenvalue weighted by molar-refractivity contribution is 5.32. The van der Waals surface area contributed by atoms with Crippen molar-refractivity contribution < 1.29 is 8.78 Å². The molecule has 0 radical (unpaired) electrons. The highest BCUT2D eigenvalue weighted by Gasteiger charge is 2.70. The Morgan fingerprint density at radius 3 is 2.85 bits per heavy atom. The van der Waals surface area contributed by atoms with Crippen molar-refractivity contribution in [3.63, 3.8) is 0 Å². The Morgan fingerprint density at radius 1 is 1.54 bits per heavy atom. The maximum absolute atomic E-state index is 12.4. The average molecular weight is 185 g/mol. The molecule has 1 nitrogen and oxygen atoms in total. The lowest BCUT2D eigenvalue weighted by atomic mass is 10.1. The van der Waals surface area contributed by atoms with Gasteiger partial charge in [0.25, 0.3) is 6.08 Å². The molecule has 2 saturated heterocycles. The van der Waals surface area contributed by atoms with E-state index in [0.29, 0.717) is 30.4 Å². The highest BCUT2D eigenvalue weighted by Crippen LogP contribution is 2.66. The summed E-state index contributed by atoms with van der Waals surface area (Å²) >= 11 is 0. The number of hydrogen-bond donors (Lipinski definition) is 0. The van der Waals surface area contributed by atoms with Crippen LogP contribution in [0.3, 0.4) is 0 Å². The fourth-order valence-corrected chi connectivity index (χ4v) is 3.62. The molecule has 1 saturated carbocycles. The normalized spacial score (nSPS) is 47.8. The van der Waals surface area contributed by atoms with Gasteiger partial charge in [-0.2, -0.15) is 8.78 Å². The van der Waals surface area contributed by atoms with Crippen LogP contribution in [0.4, 0.5) is 8.78 Å². The molecule has 3 aliphatic rings. The Kier molecular flexibility index (Phi) is 1.30. The van der Waals surface area contributed by atoms with Gasteiger partial charge in [-0.15, -0.1) is 0 Å². The zero-order valence-corrected chi connectivity index (χ0v) is 7.69. The lowest BCUT2D eigenvalue weighted by Gasteiger charge is -2.19. The molecule has 1 aliphatic carbocycles. The van der Waals surface area contributed by atoms with Gasteiger partial charge in [0, 0.05) is 17.7 Å². The molecule has 0 bridgehead atoms. The fraction of sp³-hybridized carbons (Fsp3) is 0.800. The van der Waals surface area contributed by atoms with Crippen LogP contribution in [-0.4, -0.2) is 23.5 Å². The Labute approximate surface area is 76.4 Å². The molecule has 0 N–H and O–H groups in total. The van der Waals surface area contributed by atoms with E-state index in [4.69, 9.17) is 0 Å². The first-order chi connectivity index (χ1) is 6.16. The third-order valence-corrected chi connectivity index (χ3v) is 4.37. The Morgan fingerprint density at radius 2 is 2.31 bits per heavy atom. The van der Waals surface area contributed by atoms with Gasteiger partial charge in [0.2, 0.25) is 0 Å². The topological polar surface area (TPSA) is 3.24 Å². The van der Waals surface area contributed by atoms with E-state index < -0.39 is 6.08 Å². The summed E-state index contributed by atoms with van der Waals surface area (Å²) in [5.74, 6) is 1.36. The first-order valence-corrected chi connectivity index (χ1v) is 4.94. The lowest BCUT2D eigenvalue weighted by molar-refractivity contribution is 0.256. The van der Waals surface area contributed by atoms with Gasteiger partial charge < -0.3 is 0 Å². The standard InChI is InChI=1S/C10H13F2N/c1-6-8-2-3-13-5-7(9(11)12)4-10(6,8)13/h6,8H,2-5H2,1H3. The second-order valence-corrected chi connectivity index (χ2v) is 4.64. The van der Waals surface area contributed by atoms with Crippen molar-refractivity contribution in [2.45, 2.75) is 25.3 Å². The predicted molar refractivity (Wildman–Crippen MR) is 45.4 cm³/mol. The minimum atomic E-state index is -1.43. The summed E-state index contributed by atoms with van der Waals surface area (Å²) in [5.41, 5.74) is 0.577. The van der Waals surface area contributed by atoms with Gasteiger partial charge in [-0.05, 0) is 31.2 Å². The molecule has 3 heteroatoms. The number of nitrogens with zero attached hydrogens (tertiary/aromatic N) is 1. The van der Waals surface area contributed by atoms with E-state index in [1.54, 1.807) is 0 Å². The molecule has 3 unspecified atom stereocenters. The first-order valence-electron chi connectivity index (χ1n) is 4.94. The van der Waals surface area contributed by atoms with Gasteiger partial charge in [0.15, 0.2) is 0 Å². The summed E-state index contributed by atoms with van der Waals surface area (Å²) in [6, 6.07) is 0. The van der Waals surface area contributed by atoms with Crippen molar-refractivity contribution in [3.05, 3.63) is 11.7 Å². The van der Waals surface area contributed by atoms with Gasteiger partial charge >= 0.3 is 0 Å². The van der Waals surface area contributed by atoms with Crippen LogP contribution in [0.1, 0.15) is 19.8 Å². The van der Waals surface area contributed by atoms with Crippen LogP contribution in [0.15, 0.2) is 11.7 Å². The van der Waals surface area contributed by atoms with Crippen molar-refractivity contribution in [2.75, 3.05) is 13.1 Å². The van der Waals surface area contributed by atoms with Crippen LogP contribution in [0.25, 0.3) is 0 Å². The summed E-state index contributed by atoms with van der Waals surface area (Å²) in [6.07, 6.45) is 0.436. The summed E-state index contributed by atoms with van der Waals surface area (Å²) in [7, 11) is 0. The van der Waals surface area contributed by atoms with E-state index in [2.05, 4.69) is 11.8 Å². The average Bonchev–Trinajstić information content (AvgIpc) is 2.48. The number of halogens is 2. The van der Waals surface area contributed by atoms with Crippen LogP contribution < -0.4 is 0 Å². The number of hydrogen-bond acceptors (Lipinski definition) is 1. The first kappa shape index (κ1) is 7.92. The van der Waals surface area contributed by atoms with Crippen molar-refractivity contribution in [1.29, 1.82) is 0 Å². The third-order valence-electron chi connectivity index (χ3n) is 4.37. The van der Waals surface area contributed by atoms with E-state index in [0.717, 1.165) is 6.54 Å². The zero-order valence-electron chi connectivity index (χ0n) is 7.69. The van der Waals surface area contributed by atoms with Gasteiger partial charge in [-0.25, -0.2) is 0 Å². The second-order valence-electron chi connectivity index (χ2n) is 4.64. The summed E-state index contributed by atoms with van der Waals surface area (Å²) < 4.78 is 24.8. The SMILES string of the molecule is CC1C2CCN3CC(=C(F)F)CC123. The molecule has 13 heavy (non-hydrogen) atoms. The van der Waals surface area contributed by atoms with Crippen LogP contribution in [0, 0.1) is 11.8 Å². The quantitative estimate of drug-likeness (QED) is 0.559. The maximum Gasteiger partial charge on any atom is 0.270 e. The smallest absolute Gasteiger partial charge is 0.270 e. The molecule has 1 spiro atoms. The van der Waals surface area contributed by atoms with E-state index in [-0.39, 0.29) is 5.54 Å². The van der Waals surface area contributed by atoms with E-state index in [9.17, 15) is 8.78 Å². The minimum Gasteiger partial charge on any atom is -0.293 e. The molecule has 0 aromatic carbocycles. The van der Waals surface area contributed by atoms with Crippen molar-refractivity contribution in [3.8, 4) is 0 Å². The van der Waals surface area contributed by atoms with E-state index in [1.165, 1.54) is 6.42 Å². The fourth-order valence-electron chi connectivity index (χ4n) is 3.62. The molecule has 72 valence electrons. The molecule has 3 fully saturated rings. The Bertz CT molecular complexity index is 295. The van der Waals surface area contributed by atoms with Crippen LogP contribution in [0.2, 0.25) is 0 Å². The van der Waals surface area contributed by atoms with Gasteiger partial charge in [-0.1, -0.05) is 6.92 Å². The summed E-state index contributed by atoms with van der Waals surface area (Å²) in [6.45, 7) is 3.77. The molecule has 0 aromatic heterocycles. The molecule has 3 rings (SSSR count). The lowest BCUT2D eigenvalue weighted by Crippen LogP contribution is -2.29. The van der Waals surface area contributed by atoms with Gasteiger partial charge in [0.05, 0.1) is 0 Å². The molecule has 2 aliphatic heterocycles. The molecule has 0 amide bonds. The van der Waals surface area contributed by atoms with Gasteiger partial charge in [-0.3, -0.25) is 4.90 Å². The third kappa shape index (κ3) is 0.749. The number of rotatable bonds is 0.